The molecule has 2 unspecified atom stereocenters. The summed E-state index contributed by atoms with van der Waals surface area (Å²) in [5.41, 5.74) is 7.11. The van der Waals surface area contributed by atoms with Crippen LogP contribution in [0.15, 0.2) is 30.3 Å². The maximum atomic E-state index is 11.9. The average molecular weight is 247 g/mol. The van der Waals surface area contributed by atoms with Crippen molar-refractivity contribution < 1.29 is 4.79 Å². The molecule has 3 N–H and O–H groups in total. The maximum absolute atomic E-state index is 11.9. The third-order valence-electron chi connectivity index (χ3n) is 3.65. The number of nitrogens with two attached hydrogens (primary N) is 1. The molecule has 4 nitrogen and oxygen atoms in total. The summed E-state index contributed by atoms with van der Waals surface area (Å²) in [4.78, 5) is 14.1. The lowest BCUT2D eigenvalue weighted by Gasteiger charge is -2.31. The molecule has 1 fully saturated rings. The predicted octanol–water partition coefficient (Wildman–Crippen LogP) is 0.897. The van der Waals surface area contributed by atoms with Crippen molar-refractivity contribution in [1.82, 2.24) is 10.2 Å². The smallest absolute Gasteiger partial charge is 0.237 e. The molecule has 1 amide bonds. The Kier molecular flexibility index (Phi) is 4.33. The molecule has 1 heterocycles. The van der Waals surface area contributed by atoms with Crippen LogP contribution in [0, 0.1) is 0 Å². The number of nitrogens with one attached hydrogen (secondary N) is 1. The van der Waals surface area contributed by atoms with Crippen LogP contribution in [0.25, 0.3) is 0 Å². The van der Waals surface area contributed by atoms with Crippen molar-refractivity contribution in [2.75, 3.05) is 20.1 Å². The highest BCUT2D eigenvalue weighted by Crippen LogP contribution is 2.28. The molecule has 0 bridgehead atoms. The van der Waals surface area contributed by atoms with E-state index in [1.807, 2.05) is 18.2 Å². The van der Waals surface area contributed by atoms with Gasteiger partial charge in [-0.2, -0.15) is 0 Å². The van der Waals surface area contributed by atoms with Gasteiger partial charge in [0.05, 0.1) is 6.04 Å². The Morgan fingerprint density at radius 1 is 1.50 bits per heavy atom. The molecule has 2 rings (SSSR count). The van der Waals surface area contributed by atoms with E-state index in [1.54, 1.807) is 7.05 Å². The van der Waals surface area contributed by atoms with Gasteiger partial charge in [0.1, 0.15) is 0 Å². The number of benzene rings is 1. The number of carbonyl (C=O) groups is 1. The van der Waals surface area contributed by atoms with Gasteiger partial charge in [0, 0.05) is 19.6 Å². The van der Waals surface area contributed by atoms with Crippen LogP contribution in [0.3, 0.4) is 0 Å². The second kappa shape index (κ2) is 5.98. The van der Waals surface area contributed by atoms with Crippen molar-refractivity contribution in [2.24, 2.45) is 5.73 Å². The minimum Gasteiger partial charge on any atom is -0.358 e. The van der Waals surface area contributed by atoms with Crippen molar-refractivity contribution in [3.8, 4) is 0 Å². The first-order valence-corrected chi connectivity index (χ1v) is 6.50. The normalized spacial score (nSPS) is 21.8. The van der Waals surface area contributed by atoms with Gasteiger partial charge in [-0.3, -0.25) is 9.69 Å². The third kappa shape index (κ3) is 2.54. The van der Waals surface area contributed by atoms with Gasteiger partial charge in [-0.15, -0.1) is 0 Å². The summed E-state index contributed by atoms with van der Waals surface area (Å²) in [5, 5.41) is 2.75. The van der Waals surface area contributed by atoms with Crippen molar-refractivity contribution in [2.45, 2.75) is 24.9 Å². The average Bonchev–Trinajstić information content (AvgIpc) is 2.89. The summed E-state index contributed by atoms with van der Waals surface area (Å²) in [6.45, 7) is 1.48. The lowest BCUT2D eigenvalue weighted by molar-refractivity contribution is -0.125. The summed E-state index contributed by atoms with van der Waals surface area (Å²) in [5.74, 6) is 0.0990. The summed E-state index contributed by atoms with van der Waals surface area (Å²) in [6, 6.07) is 10.3. The van der Waals surface area contributed by atoms with Crippen LogP contribution in [0.5, 0.6) is 0 Å². The topological polar surface area (TPSA) is 58.4 Å². The van der Waals surface area contributed by atoms with E-state index in [1.165, 1.54) is 5.56 Å². The van der Waals surface area contributed by atoms with E-state index in [-0.39, 0.29) is 18.0 Å². The molecule has 1 saturated heterocycles. The summed E-state index contributed by atoms with van der Waals surface area (Å²) < 4.78 is 0. The van der Waals surface area contributed by atoms with Gasteiger partial charge in [0.2, 0.25) is 5.91 Å². The van der Waals surface area contributed by atoms with E-state index in [9.17, 15) is 4.79 Å². The van der Waals surface area contributed by atoms with Gasteiger partial charge in [-0.1, -0.05) is 30.3 Å². The molecule has 18 heavy (non-hydrogen) atoms. The summed E-state index contributed by atoms with van der Waals surface area (Å²) in [6.07, 6.45) is 1.98. The van der Waals surface area contributed by atoms with Crippen LogP contribution < -0.4 is 11.1 Å². The number of carbonyl (C=O) groups excluding carboxylic acids is 1. The molecule has 1 aromatic carbocycles. The molecule has 0 saturated carbocycles. The van der Waals surface area contributed by atoms with Gasteiger partial charge in [0.25, 0.3) is 0 Å². The molecule has 0 radical (unpaired) electrons. The number of nitrogens with zero attached hydrogens (tertiary/aromatic N) is 1. The van der Waals surface area contributed by atoms with E-state index in [0.29, 0.717) is 6.54 Å². The van der Waals surface area contributed by atoms with Crippen LogP contribution in [0.4, 0.5) is 0 Å². The minimum absolute atomic E-state index is 0.0382. The molecule has 0 aromatic heterocycles. The Labute approximate surface area is 108 Å². The second-order valence-corrected chi connectivity index (χ2v) is 4.67. The molecule has 4 heteroatoms. The molecule has 2 atom stereocenters. The Morgan fingerprint density at radius 3 is 2.83 bits per heavy atom. The van der Waals surface area contributed by atoms with Crippen molar-refractivity contribution in [3.05, 3.63) is 35.9 Å². The summed E-state index contributed by atoms with van der Waals surface area (Å²) >= 11 is 0. The van der Waals surface area contributed by atoms with Crippen molar-refractivity contribution in [3.63, 3.8) is 0 Å². The van der Waals surface area contributed by atoms with Crippen LogP contribution in [-0.4, -0.2) is 37.0 Å². The molecule has 1 aliphatic rings. The highest BCUT2D eigenvalue weighted by atomic mass is 16.2. The first-order chi connectivity index (χ1) is 8.77. The molecular formula is C14H21N3O. The lowest BCUT2D eigenvalue weighted by Crippen LogP contribution is -2.45. The number of hydrogen-bond acceptors (Lipinski definition) is 3. The Balaban J connectivity index is 2.19. The molecule has 0 aliphatic carbocycles. The van der Waals surface area contributed by atoms with Gasteiger partial charge in [0.15, 0.2) is 0 Å². The molecule has 98 valence electrons. The second-order valence-electron chi connectivity index (χ2n) is 4.67. The highest BCUT2D eigenvalue weighted by molar-refractivity contribution is 5.81. The number of likely N-dealkylation sites (tertiary alicyclic amines) is 1. The molecule has 1 aliphatic heterocycles. The Bertz CT molecular complexity index is 393. The highest BCUT2D eigenvalue weighted by Gasteiger charge is 2.34. The fourth-order valence-corrected chi connectivity index (χ4v) is 2.75. The van der Waals surface area contributed by atoms with Gasteiger partial charge in [-0.25, -0.2) is 0 Å². The lowest BCUT2D eigenvalue weighted by atomic mass is 10.0. The zero-order valence-corrected chi connectivity index (χ0v) is 10.8. The van der Waals surface area contributed by atoms with Gasteiger partial charge in [-0.05, 0) is 24.9 Å². The number of amides is 1. The van der Waals surface area contributed by atoms with Crippen LogP contribution in [0.1, 0.15) is 24.4 Å². The van der Waals surface area contributed by atoms with Crippen LogP contribution in [-0.2, 0) is 4.79 Å². The fourth-order valence-electron chi connectivity index (χ4n) is 2.75. The first-order valence-electron chi connectivity index (χ1n) is 6.50. The maximum Gasteiger partial charge on any atom is 0.237 e. The van der Waals surface area contributed by atoms with E-state index < -0.39 is 0 Å². The van der Waals surface area contributed by atoms with Gasteiger partial charge >= 0.3 is 0 Å². The van der Waals surface area contributed by atoms with Crippen molar-refractivity contribution in [1.29, 1.82) is 0 Å². The number of rotatable bonds is 4. The van der Waals surface area contributed by atoms with Gasteiger partial charge < -0.3 is 11.1 Å². The first kappa shape index (κ1) is 13.1. The minimum atomic E-state index is -0.0382. The van der Waals surface area contributed by atoms with E-state index >= 15 is 0 Å². The standard InChI is InChI=1S/C14H21N3O/c1-16-14(18)12-8-5-9-17(12)13(10-15)11-6-3-2-4-7-11/h2-4,6-7,12-13H,5,8-10,15H2,1H3,(H,16,18). The molecular weight excluding hydrogens is 226 g/mol. The monoisotopic (exact) mass is 247 g/mol. The van der Waals surface area contributed by atoms with E-state index in [2.05, 4.69) is 22.3 Å². The third-order valence-corrected chi connectivity index (χ3v) is 3.65. The summed E-state index contributed by atoms with van der Waals surface area (Å²) in [7, 11) is 1.69. The fraction of sp³-hybridized carbons (Fsp3) is 0.500. The Morgan fingerprint density at radius 2 is 2.22 bits per heavy atom. The number of likely N-dealkylation sites (N-methyl/N-ethyl adjacent to an activating group) is 1. The van der Waals surface area contributed by atoms with Crippen LogP contribution >= 0.6 is 0 Å². The Hall–Kier alpha value is -1.39. The quantitative estimate of drug-likeness (QED) is 0.831. The SMILES string of the molecule is CNC(=O)C1CCCN1C(CN)c1ccccc1. The zero-order valence-electron chi connectivity index (χ0n) is 10.8. The molecule has 1 aromatic rings. The van der Waals surface area contributed by atoms with Crippen LogP contribution in [0.2, 0.25) is 0 Å². The number of hydrogen-bond donors (Lipinski definition) is 2. The van der Waals surface area contributed by atoms with E-state index in [0.717, 1.165) is 19.4 Å². The predicted molar refractivity (Wildman–Crippen MR) is 72.0 cm³/mol. The van der Waals surface area contributed by atoms with E-state index in [4.69, 9.17) is 5.73 Å². The zero-order chi connectivity index (χ0) is 13.0. The van der Waals surface area contributed by atoms with Crippen molar-refractivity contribution >= 4 is 5.91 Å². The molecule has 0 spiro atoms. The largest absolute Gasteiger partial charge is 0.358 e.